The van der Waals surface area contributed by atoms with E-state index in [0.29, 0.717) is 6.61 Å². The second-order valence-corrected chi connectivity index (χ2v) is 6.55. The molecule has 0 bridgehead atoms. The summed E-state index contributed by atoms with van der Waals surface area (Å²) in [6, 6.07) is 18.0. The Labute approximate surface area is 144 Å². The molecule has 1 aliphatic heterocycles. The van der Waals surface area contributed by atoms with E-state index in [-0.39, 0.29) is 0 Å². The molecule has 1 unspecified atom stereocenters. The zero-order valence-corrected chi connectivity index (χ0v) is 14.2. The van der Waals surface area contributed by atoms with E-state index in [1.54, 1.807) is 0 Å². The lowest BCUT2D eigenvalue weighted by Gasteiger charge is -2.27. The van der Waals surface area contributed by atoms with Gasteiger partial charge in [0.2, 0.25) is 0 Å². The van der Waals surface area contributed by atoms with Gasteiger partial charge >= 0.3 is 0 Å². The molecule has 0 amide bonds. The maximum Gasteiger partial charge on any atom is 0.119 e. The Morgan fingerprint density at radius 3 is 2.33 bits per heavy atom. The fourth-order valence-corrected chi connectivity index (χ4v) is 3.18. The molecule has 1 atom stereocenters. The lowest BCUT2D eigenvalue weighted by molar-refractivity contribution is 0.134. The van der Waals surface area contributed by atoms with Crippen LogP contribution >= 0.6 is 0 Å². The number of ether oxygens (including phenoxy) is 1. The van der Waals surface area contributed by atoms with Crippen LogP contribution in [-0.4, -0.2) is 29.6 Å². The van der Waals surface area contributed by atoms with Crippen molar-refractivity contribution < 1.29 is 9.84 Å². The average molecular weight is 325 g/mol. The van der Waals surface area contributed by atoms with Gasteiger partial charge in [-0.25, -0.2) is 0 Å². The summed E-state index contributed by atoms with van der Waals surface area (Å²) in [6.07, 6.45) is 4.34. The van der Waals surface area contributed by atoms with E-state index >= 15 is 0 Å². The second kappa shape index (κ2) is 8.86. The van der Waals surface area contributed by atoms with Crippen molar-refractivity contribution in [1.82, 2.24) is 4.90 Å². The van der Waals surface area contributed by atoms with Crippen LogP contribution in [0.1, 0.15) is 42.9 Å². The molecule has 1 heterocycles. The van der Waals surface area contributed by atoms with E-state index < -0.39 is 6.10 Å². The van der Waals surface area contributed by atoms with E-state index in [1.165, 1.54) is 32.4 Å². The molecule has 1 aliphatic rings. The van der Waals surface area contributed by atoms with Crippen molar-refractivity contribution in [2.75, 3.05) is 19.6 Å². The molecule has 1 saturated heterocycles. The van der Waals surface area contributed by atoms with Crippen molar-refractivity contribution in [2.45, 2.75) is 38.4 Å². The Hall–Kier alpha value is -1.84. The second-order valence-electron chi connectivity index (χ2n) is 6.55. The molecular formula is C21H27NO2. The number of hydrogen-bond donors (Lipinski definition) is 1. The van der Waals surface area contributed by atoms with Crippen molar-refractivity contribution in [2.24, 2.45) is 0 Å². The van der Waals surface area contributed by atoms with Crippen molar-refractivity contribution in [3.8, 4) is 5.75 Å². The van der Waals surface area contributed by atoms with Crippen LogP contribution in [0.15, 0.2) is 54.6 Å². The van der Waals surface area contributed by atoms with Gasteiger partial charge in [-0.1, -0.05) is 48.9 Å². The molecule has 0 spiro atoms. The summed E-state index contributed by atoms with van der Waals surface area (Å²) in [5.74, 6) is 0.839. The van der Waals surface area contributed by atoms with Gasteiger partial charge in [0.15, 0.2) is 0 Å². The number of piperidine rings is 1. The summed E-state index contributed by atoms with van der Waals surface area (Å²) < 4.78 is 5.79. The Kier molecular flexibility index (Phi) is 6.27. The lowest BCUT2D eigenvalue weighted by Crippen LogP contribution is -2.31. The molecule has 0 radical (unpaired) electrons. The number of likely N-dealkylation sites (tertiary alicyclic amines) is 1. The Bertz CT molecular complexity index is 591. The highest BCUT2D eigenvalue weighted by atomic mass is 16.5. The minimum Gasteiger partial charge on any atom is -0.489 e. The highest BCUT2D eigenvalue weighted by molar-refractivity contribution is 5.29. The van der Waals surface area contributed by atoms with Crippen LogP contribution in [0.2, 0.25) is 0 Å². The third kappa shape index (κ3) is 5.08. The molecule has 0 aliphatic carbocycles. The smallest absolute Gasteiger partial charge is 0.119 e. The van der Waals surface area contributed by atoms with Crippen LogP contribution in [-0.2, 0) is 6.61 Å². The average Bonchev–Trinajstić information content (AvgIpc) is 2.66. The molecular weight excluding hydrogens is 298 g/mol. The van der Waals surface area contributed by atoms with Crippen molar-refractivity contribution in [1.29, 1.82) is 0 Å². The van der Waals surface area contributed by atoms with Gasteiger partial charge in [0.05, 0.1) is 6.10 Å². The third-order valence-electron chi connectivity index (χ3n) is 4.68. The van der Waals surface area contributed by atoms with Crippen LogP contribution in [0.4, 0.5) is 0 Å². The Morgan fingerprint density at radius 1 is 0.917 bits per heavy atom. The molecule has 2 aromatic rings. The van der Waals surface area contributed by atoms with Gasteiger partial charge in [0.25, 0.3) is 0 Å². The standard InChI is InChI=1S/C21H27NO2/c23-21(13-16-22-14-5-2-6-15-22)19-9-11-20(12-10-19)24-17-18-7-3-1-4-8-18/h1,3-4,7-12,21,23H,2,5-6,13-17H2. The molecule has 3 nitrogen and oxygen atoms in total. The Morgan fingerprint density at radius 2 is 1.62 bits per heavy atom. The van der Waals surface area contributed by atoms with Gasteiger partial charge in [-0.15, -0.1) is 0 Å². The summed E-state index contributed by atoms with van der Waals surface area (Å²) >= 11 is 0. The number of aliphatic hydroxyl groups excluding tert-OH is 1. The minimum atomic E-state index is -0.393. The number of benzene rings is 2. The van der Waals surface area contributed by atoms with Crippen molar-refractivity contribution in [3.05, 3.63) is 65.7 Å². The van der Waals surface area contributed by atoms with Crippen LogP contribution in [0.3, 0.4) is 0 Å². The quantitative estimate of drug-likeness (QED) is 0.829. The maximum absolute atomic E-state index is 10.4. The predicted molar refractivity (Wildman–Crippen MR) is 97.1 cm³/mol. The topological polar surface area (TPSA) is 32.7 Å². The molecule has 0 aromatic heterocycles. The normalized spacial score (nSPS) is 16.7. The summed E-state index contributed by atoms with van der Waals surface area (Å²) in [7, 11) is 0. The maximum atomic E-state index is 10.4. The molecule has 0 saturated carbocycles. The zero-order valence-electron chi connectivity index (χ0n) is 14.2. The van der Waals surface area contributed by atoms with Gasteiger partial charge in [-0.2, -0.15) is 0 Å². The summed E-state index contributed by atoms with van der Waals surface area (Å²) in [4.78, 5) is 2.46. The highest BCUT2D eigenvalue weighted by Gasteiger charge is 2.13. The summed E-state index contributed by atoms with van der Waals surface area (Å²) in [6.45, 7) is 3.91. The van der Waals surface area contributed by atoms with Crippen LogP contribution < -0.4 is 4.74 Å². The molecule has 24 heavy (non-hydrogen) atoms. The van der Waals surface area contributed by atoms with Gasteiger partial charge < -0.3 is 14.7 Å². The SMILES string of the molecule is OC(CCN1CCCCC1)c1ccc(OCc2ccccc2)cc1. The summed E-state index contributed by atoms with van der Waals surface area (Å²) in [5.41, 5.74) is 2.13. The first-order chi connectivity index (χ1) is 11.8. The molecule has 3 heteroatoms. The van der Waals surface area contributed by atoms with E-state index in [4.69, 9.17) is 4.74 Å². The highest BCUT2D eigenvalue weighted by Crippen LogP contribution is 2.22. The van der Waals surface area contributed by atoms with E-state index in [2.05, 4.69) is 17.0 Å². The van der Waals surface area contributed by atoms with Crippen LogP contribution in [0.5, 0.6) is 5.75 Å². The van der Waals surface area contributed by atoms with Gasteiger partial charge in [-0.05, 0) is 55.6 Å². The fourth-order valence-electron chi connectivity index (χ4n) is 3.18. The van der Waals surface area contributed by atoms with Crippen molar-refractivity contribution >= 4 is 0 Å². The molecule has 2 aromatic carbocycles. The third-order valence-corrected chi connectivity index (χ3v) is 4.68. The van der Waals surface area contributed by atoms with Crippen LogP contribution in [0, 0.1) is 0 Å². The fraction of sp³-hybridized carbons (Fsp3) is 0.429. The molecule has 1 N–H and O–H groups in total. The summed E-state index contributed by atoms with van der Waals surface area (Å²) in [5, 5.41) is 10.4. The number of hydrogen-bond acceptors (Lipinski definition) is 3. The lowest BCUT2D eigenvalue weighted by atomic mass is 10.1. The Balaban J connectivity index is 1.46. The molecule has 128 valence electrons. The molecule has 1 fully saturated rings. The van der Waals surface area contributed by atoms with Gasteiger partial charge in [0.1, 0.15) is 12.4 Å². The van der Waals surface area contributed by atoms with Crippen LogP contribution in [0.25, 0.3) is 0 Å². The number of aliphatic hydroxyl groups is 1. The number of nitrogens with zero attached hydrogens (tertiary/aromatic N) is 1. The van der Waals surface area contributed by atoms with Gasteiger partial charge in [0, 0.05) is 6.54 Å². The number of rotatable bonds is 7. The van der Waals surface area contributed by atoms with E-state index in [1.807, 2.05) is 42.5 Å². The minimum absolute atomic E-state index is 0.393. The monoisotopic (exact) mass is 325 g/mol. The first-order valence-corrected chi connectivity index (χ1v) is 8.98. The predicted octanol–water partition coefficient (Wildman–Crippen LogP) is 4.18. The zero-order chi connectivity index (χ0) is 16.6. The first-order valence-electron chi connectivity index (χ1n) is 8.98. The van der Waals surface area contributed by atoms with E-state index in [9.17, 15) is 5.11 Å². The van der Waals surface area contributed by atoms with Crippen molar-refractivity contribution in [3.63, 3.8) is 0 Å². The van der Waals surface area contributed by atoms with Gasteiger partial charge in [-0.3, -0.25) is 0 Å². The largest absolute Gasteiger partial charge is 0.489 e. The molecule has 3 rings (SSSR count). The van der Waals surface area contributed by atoms with E-state index in [0.717, 1.165) is 29.8 Å². The first kappa shape index (κ1) is 17.0.